The van der Waals surface area contributed by atoms with Gasteiger partial charge in [-0.1, -0.05) is 32.0 Å². The zero-order valence-electron chi connectivity index (χ0n) is 12.8. The van der Waals surface area contributed by atoms with Crippen LogP contribution in [0.3, 0.4) is 0 Å². The predicted molar refractivity (Wildman–Crippen MR) is 86.3 cm³/mol. The molecule has 0 amide bonds. The molecule has 2 heterocycles. The maximum atomic E-state index is 4.13. The summed E-state index contributed by atoms with van der Waals surface area (Å²) in [7, 11) is 0. The molecule has 1 aliphatic carbocycles. The monoisotopic (exact) mass is 278 g/mol. The van der Waals surface area contributed by atoms with Crippen LogP contribution in [-0.4, -0.2) is 17.6 Å². The number of hydrogen-bond donors (Lipinski definition) is 1. The van der Waals surface area contributed by atoms with E-state index in [9.17, 15) is 0 Å². The van der Waals surface area contributed by atoms with Crippen LogP contribution in [0.25, 0.3) is 11.1 Å². The van der Waals surface area contributed by atoms with Crippen molar-refractivity contribution in [2.45, 2.75) is 38.1 Å². The molecule has 1 aromatic heterocycles. The highest BCUT2D eigenvalue weighted by atomic mass is 14.9. The van der Waals surface area contributed by atoms with Gasteiger partial charge in [0.2, 0.25) is 0 Å². The summed E-state index contributed by atoms with van der Waals surface area (Å²) < 4.78 is 0. The number of rotatable bonds is 1. The molecule has 21 heavy (non-hydrogen) atoms. The van der Waals surface area contributed by atoms with E-state index in [4.69, 9.17) is 0 Å². The van der Waals surface area contributed by atoms with Gasteiger partial charge in [-0.3, -0.25) is 4.98 Å². The molecule has 0 spiro atoms. The molecule has 4 rings (SSSR count). The van der Waals surface area contributed by atoms with Gasteiger partial charge in [-0.25, -0.2) is 0 Å². The normalized spacial score (nSPS) is 30.8. The first kappa shape index (κ1) is 13.0. The van der Waals surface area contributed by atoms with Crippen molar-refractivity contribution in [1.29, 1.82) is 0 Å². The van der Waals surface area contributed by atoms with E-state index in [1.165, 1.54) is 29.5 Å². The maximum absolute atomic E-state index is 4.13. The van der Waals surface area contributed by atoms with Crippen LogP contribution in [0.4, 0.5) is 0 Å². The molecule has 2 aliphatic rings. The van der Waals surface area contributed by atoms with E-state index in [0.717, 1.165) is 6.54 Å². The van der Waals surface area contributed by atoms with Crippen LogP contribution in [-0.2, 0) is 11.8 Å². The Labute approximate surface area is 126 Å². The average Bonchev–Trinajstić information content (AvgIpc) is 2.51. The van der Waals surface area contributed by atoms with Gasteiger partial charge in [0.15, 0.2) is 0 Å². The topological polar surface area (TPSA) is 24.9 Å². The first-order valence-electron chi connectivity index (χ1n) is 7.96. The minimum atomic E-state index is 0.312. The van der Waals surface area contributed by atoms with Gasteiger partial charge in [0.05, 0.1) is 0 Å². The summed E-state index contributed by atoms with van der Waals surface area (Å²) in [4.78, 5) is 4.13. The smallest absolute Gasteiger partial charge is 0.0273 e. The number of hydrogen-bond acceptors (Lipinski definition) is 2. The fraction of sp³-hybridized carbons (Fsp3) is 0.421. The summed E-state index contributed by atoms with van der Waals surface area (Å²) in [5, 5.41) is 3.70. The number of fused-ring (bicyclic) bond motifs is 4. The summed E-state index contributed by atoms with van der Waals surface area (Å²) in [5.74, 6) is 0.700. The second-order valence-corrected chi connectivity index (χ2v) is 6.83. The van der Waals surface area contributed by atoms with Gasteiger partial charge in [0.1, 0.15) is 0 Å². The zero-order chi connectivity index (χ0) is 14.4. The number of nitrogens with zero attached hydrogens (tertiary/aromatic N) is 1. The SMILES string of the molecule is CC1C2Cc3ccc(-c4ccncc4)cc3[C@]1(C)CCN2. The minimum absolute atomic E-state index is 0.312. The Morgan fingerprint density at radius 2 is 1.95 bits per heavy atom. The van der Waals surface area contributed by atoms with Crippen LogP contribution in [0.1, 0.15) is 31.4 Å². The van der Waals surface area contributed by atoms with Crippen molar-refractivity contribution in [1.82, 2.24) is 10.3 Å². The summed E-state index contributed by atoms with van der Waals surface area (Å²) in [6, 6.07) is 11.9. The molecule has 2 aromatic rings. The number of piperidine rings is 1. The van der Waals surface area contributed by atoms with Crippen molar-refractivity contribution in [2.24, 2.45) is 5.92 Å². The van der Waals surface area contributed by atoms with Gasteiger partial charge < -0.3 is 5.32 Å². The predicted octanol–water partition coefficient (Wildman–Crippen LogP) is 3.56. The Morgan fingerprint density at radius 3 is 2.76 bits per heavy atom. The van der Waals surface area contributed by atoms with E-state index in [2.05, 4.69) is 54.5 Å². The number of benzene rings is 1. The molecule has 0 radical (unpaired) electrons. The second-order valence-electron chi connectivity index (χ2n) is 6.83. The number of pyridine rings is 1. The van der Waals surface area contributed by atoms with Gasteiger partial charge in [0, 0.05) is 18.4 Å². The lowest BCUT2D eigenvalue weighted by Gasteiger charge is -2.50. The van der Waals surface area contributed by atoms with Gasteiger partial charge in [0.25, 0.3) is 0 Å². The fourth-order valence-electron chi connectivity index (χ4n) is 4.24. The molecule has 2 unspecified atom stereocenters. The molecule has 3 atom stereocenters. The largest absolute Gasteiger partial charge is 0.313 e. The summed E-state index contributed by atoms with van der Waals surface area (Å²) >= 11 is 0. The van der Waals surface area contributed by atoms with Crippen molar-refractivity contribution in [3.05, 3.63) is 53.9 Å². The molecular weight excluding hydrogens is 256 g/mol. The van der Waals surface area contributed by atoms with Crippen LogP contribution in [0.2, 0.25) is 0 Å². The second kappa shape index (κ2) is 4.67. The van der Waals surface area contributed by atoms with Crippen molar-refractivity contribution in [2.75, 3.05) is 6.54 Å². The number of nitrogens with one attached hydrogen (secondary N) is 1. The summed E-state index contributed by atoms with van der Waals surface area (Å²) in [6.07, 6.45) is 6.15. The van der Waals surface area contributed by atoms with Crippen LogP contribution in [0, 0.1) is 5.92 Å². The van der Waals surface area contributed by atoms with Crippen molar-refractivity contribution < 1.29 is 0 Å². The Balaban J connectivity index is 1.85. The molecule has 1 aliphatic heterocycles. The van der Waals surface area contributed by atoms with Crippen LogP contribution in [0.15, 0.2) is 42.7 Å². The Morgan fingerprint density at radius 1 is 1.14 bits per heavy atom. The molecule has 108 valence electrons. The molecule has 0 saturated carbocycles. The third-order valence-electron chi connectivity index (χ3n) is 5.84. The first-order chi connectivity index (χ1) is 10.2. The van der Waals surface area contributed by atoms with Gasteiger partial charge >= 0.3 is 0 Å². The highest BCUT2D eigenvalue weighted by Crippen LogP contribution is 2.46. The average molecular weight is 278 g/mol. The van der Waals surface area contributed by atoms with Crippen molar-refractivity contribution >= 4 is 0 Å². The molecule has 1 aromatic carbocycles. The lowest BCUT2D eigenvalue weighted by Crippen LogP contribution is -2.56. The van der Waals surface area contributed by atoms with E-state index >= 15 is 0 Å². The van der Waals surface area contributed by atoms with E-state index in [1.807, 2.05) is 12.4 Å². The fourth-order valence-corrected chi connectivity index (χ4v) is 4.24. The molecule has 1 saturated heterocycles. The summed E-state index contributed by atoms with van der Waals surface area (Å²) in [6.45, 7) is 6.02. The van der Waals surface area contributed by atoms with Crippen LogP contribution < -0.4 is 5.32 Å². The quantitative estimate of drug-likeness (QED) is 0.862. The van der Waals surface area contributed by atoms with Crippen LogP contribution >= 0.6 is 0 Å². The van der Waals surface area contributed by atoms with Crippen molar-refractivity contribution in [3.8, 4) is 11.1 Å². The third-order valence-corrected chi connectivity index (χ3v) is 5.84. The lowest BCUT2D eigenvalue weighted by atomic mass is 9.59. The first-order valence-corrected chi connectivity index (χ1v) is 7.96. The van der Waals surface area contributed by atoms with E-state index < -0.39 is 0 Å². The lowest BCUT2D eigenvalue weighted by molar-refractivity contribution is 0.158. The Hall–Kier alpha value is -1.67. The number of aromatic nitrogens is 1. The maximum Gasteiger partial charge on any atom is 0.0273 e. The van der Waals surface area contributed by atoms with Gasteiger partial charge in [-0.2, -0.15) is 0 Å². The summed E-state index contributed by atoms with van der Waals surface area (Å²) in [5.41, 5.74) is 6.00. The third kappa shape index (κ3) is 1.93. The molecule has 1 fully saturated rings. The zero-order valence-corrected chi connectivity index (χ0v) is 12.8. The highest BCUT2D eigenvalue weighted by molar-refractivity contribution is 5.65. The standard InChI is InChI=1S/C19H22N2/c1-13-18-12-16-4-3-15(14-5-8-20-9-6-14)11-17(16)19(13,2)7-10-21-18/h3-6,8-9,11,13,18,21H,7,10,12H2,1-2H3/t13?,18?,19-/m1/s1. The van der Waals surface area contributed by atoms with Gasteiger partial charge in [-0.15, -0.1) is 0 Å². The molecule has 1 N–H and O–H groups in total. The molecule has 2 heteroatoms. The molecular formula is C19H22N2. The van der Waals surface area contributed by atoms with E-state index in [-0.39, 0.29) is 0 Å². The van der Waals surface area contributed by atoms with Gasteiger partial charge in [-0.05, 0) is 65.1 Å². The van der Waals surface area contributed by atoms with E-state index in [1.54, 1.807) is 5.56 Å². The Kier molecular flexibility index (Phi) is 2.90. The molecule has 2 bridgehead atoms. The minimum Gasteiger partial charge on any atom is -0.313 e. The van der Waals surface area contributed by atoms with E-state index in [0.29, 0.717) is 17.4 Å². The van der Waals surface area contributed by atoms with Crippen molar-refractivity contribution in [3.63, 3.8) is 0 Å². The highest BCUT2D eigenvalue weighted by Gasteiger charge is 2.45. The molecule has 2 nitrogen and oxygen atoms in total. The Bertz CT molecular complexity index is 665. The van der Waals surface area contributed by atoms with Crippen LogP contribution in [0.5, 0.6) is 0 Å².